The number of aryl methyl sites for hydroxylation is 1. The van der Waals surface area contributed by atoms with Crippen molar-refractivity contribution >= 4 is 17.7 Å². The van der Waals surface area contributed by atoms with Crippen LogP contribution in [0.2, 0.25) is 0 Å². The fourth-order valence-corrected chi connectivity index (χ4v) is 3.78. The molecule has 0 unspecified atom stereocenters. The number of unbranched alkanes of at least 4 members (excludes halogenated alkanes) is 1. The van der Waals surface area contributed by atoms with Gasteiger partial charge in [-0.15, -0.1) is 10.2 Å². The molecule has 0 bridgehead atoms. The van der Waals surface area contributed by atoms with Crippen LogP contribution < -0.4 is 0 Å². The Kier molecular flexibility index (Phi) is 5.60. The van der Waals surface area contributed by atoms with Crippen LogP contribution in [0.5, 0.6) is 0 Å². The number of carbonyl (C=O) groups is 1. The molecule has 0 radical (unpaired) electrons. The molecule has 0 aliphatic carbocycles. The molecule has 1 saturated heterocycles. The van der Waals surface area contributed by atoms with Crippen LogP contribution in [0.3, 0.4) is 0 Å². The van der Waals surface area contributed by atoms with Crippen LogP contribution in [-0.2, 0) is 11.3 Å². The number of likely N-dealkylation sites (tertiary alicyclic amines) is 1. The summed E-state index contributed by atoms with van der Waals surface area (Å²) in [6.07, 6.45) is 6.06. The van der Waals surface area contributed by atoms with Crippen molar-refractivity contribution < 1.29 is 9.21 Å². The Labute approximate surface area is 146 Å². The highest BCUT2D eigenvalue weighted by Gasteiger charge is 2.21. The topological polar surface area (TPSA) is 64.2 Å². The zero-order valence-corrected chi connectivity index (χ0v) is 15.1. The van der Waals surface area contributed by atoms with Crippen LogP contribution in [0.15, 0.2) is 21.9 Å². The van der Waals surface area contributed by atoms with Gasteiger partial charge in [-0.1, -0.05) is 25.1 Å². The number of hydrogen-bond donors (Lipinski definition) is 0. The van der Waals surface area contributed by atoms with E-state index >= 15 is 0 Å². The number of rotatable bonds is 7. The fraction of sp³-hybridized carbons (Fsp3) is 0.588. The third-order valence-corrected chi connectivity index (χ3v) is 5.29. The van der Waals surface area contributed by atoms with Gasteiger partial charge in [0.1, 0.15) is 5.76 Å². The summed E-state index contributed by atoms with van der Waals surface area (Å²) in [5.74, 6) is 2.29. The number of amides is 1. The number of nitrogens with zero attached hydrogens (tertiary/aromatic N) is 4. The van der Waals surface area contributed by atoms with Crippen molar-refractivity contribution in [2.45, 2.75) is 51.2 Å². The first-order valence-electron chi connectivity index (χ1n) is 8.59. The molecule has 0 spiro atoms. The number of thioether (sulfide) groups is 1. The average molecular weight is 348 g/mol. The van der Waals surface area contributed by atoms with E-state index in [-0.39, 0.29) is 5.91 Å². The van der Waals surface area contributed by atoms with E-state index in [4.69, 9.17) is 4.42 Å². The molecule has 2 aromatic heterocycles. The van der Waals surface area contributed by atoms with Crippen LogP contribution >= 0.6 is 11.8 Å². The van der Waals surface area contributed by atoms with Crippen molar-refractivity contribution in [2.75, 3.05) is 18.8 Å². The monoisotopic (exact) mass is 348 g/mol. The Morgan fingerprint density at radius 1 is 1.33 bits per heavy atom. The minimum absolute atomic E-state index is 0.198. The maximum atomic E-state index is 12.3. The predicted molar refractivity (Wildman–Crippen MR) is 93.9 cm³/mol. The van der Waals surface area contributed by atoms with Crippen LogP contribution in [0.1, 0.15) is 38.4 Å². The second-order valence-corrected chi connectivity index (χ2v) is 7.02. The lowest BCUT2D eigenvalue weighted by Gasteiger charge is -2.15. The van der Waals surface area contributed by atoms with Gasteiger partial charge in [0, 0.05) is 19.6 Å². The van der Waals surface area contributed by atoms with E-state index in [0.717, 1.165) is 67.6 Å². The first-order valence-corrected chi connectivity index (χ1v) is 9.57. The van der Waals surface area contributed by atoms with Crippen LogP contribution in [0.4, 0.5) is 0 Å². The standard InChI is InChI=1S/C17H24N4O2S/c1-3-4-10-21-16(14-7-11-23-13(14)2)18-19-17(21)24-12-15(22)20-8-5-6-9-20/h7,11H,3-6,8-10,12H2,1-2H3. The lowest BCUT2D eigenvalue weighted by atomic mass is 10.2. The number of furan rings is 1. The lowest BCUT2D eigenvalue weighted by Crippen LogP contribution is -2.29. The van der Waals surface area contributed by atoms with Crippen molar-refractivity contribution in [3.05, 3.63) is 18.1 Å². The molecular weight excluding hydrogens is 324 g/mol. The maximum Gasteiger partial charge on any atom is 0.233 e. The second-order valence-electron chi connectivity index (χ2n) is 6.08. The number of hydrogen-bond acceptors (Lipinski definition) is 5. The molecule has 0 N–H and O–H groups in total. The molecule has 24 heavy (non-hydrogen) atoms. The molecule has 1 fully saturated rings. The molecule has 1 aliphatic heterocycles. The van der Waals surface area contributed by atoms with Crippen molar-refractivity contribution in [2.24, 2.45) is 0 Å². The summed E-state index contributed by atoms with van der Waals surface area (Å²) < 4.78 is 7.52. The smallest absolute Gasteiger partial charge is 0.233 e. The summed E-state index contributed by atoms with van der Waals surface area (Å²) in [7, 11) is 0. The molecule has 3 heterocycles. The van der Waals surface area contributed by atoms with Crippen molar-refractivity contribution in [3.8, 4) is 11.4 Å². The van der Waals surface area contributed by atoms with E-state index in [1.165, 1.54) is 11.8 Å². The first-order chi connectivity index (χ1) is 11.7. The minimum atomic E-state index is 0.198. The molecular formula is C17H24N4O2S. The quantitative estimate of drug-likeness (QED) is 0.718. The summed E-state index contributed by atoms with van der Waals surface area (Å²) in [6, 6.07) is 1.92. The SMILES string of the molecule is CCCCn1c(SCC(=O)N2CCCC2)nnc1-c1ccoc1C. The molecule has 2 aromatic rings. The van der Waals surface area contributed by atoms with Gasteiger partial charge in [-0.05, 0) is 32.3 Å². The zero-order valence-electron chi connectivity index (χ0n) is 14.3. The molecule has 6 nitrogen and oxygen atoms in total. The van der Waals surface area contributed by atoms with Gasteiger partial charge in [0.25, 0.3) is 0 Å². The summed E-state index contributed by atoms with van der Waals surface area (Å²) in [5.41, 5.74) is 0.969. The summed E-state index contributed by atoms with van der Waals surface area (Å²) >= 11 is 1.48. The molecule has 0 saturated carbocycles. The number of aromatic nitrogens is 3. The van der Waals surface area contributed by atoms with Gasteiger partial charge in [0.15, 0.2) is 11.0 Å². The van der Waals surface area contributed by atoms with E-state index in [2.05, 4.69) is 21.7 Å². The van der Waals surface area contributed by atoms with Crippen LogP contribution in [-0.4, -0.2) is 44.4 Å². The van der Waals surface area contributed by atoms with Gasteiger partial charge in [-0.25, -0.2) is 0 Å². The van der Waals surface area contributed by atoms with E-state index in [0.29, 0.717) is 5.75 Å². The minimum Gasteiger partial charge on any atom is -0.469 e. The summed E-state index contributed by atoms with van der Waals surface area (Å²) in [5, 5.41) is 9.49. The highest BCUT2D eigenvalue weighted by molar-refractivity contribution is 7.99. The van der Waals surface area contributed by atoms with E-state index in [1.807, 2.05) is 17.9 Å². The molecule has 130 valence electrons. The Morgan fingerprint density at radius 3 is 2.79 bits per heavy atom. The van der Waals surface area contributed by atoms with Crippen molar-refractivity contribution in [1.82, 2.24) is 19.7 Å². The fourth-order valence-electron chi connectivity index (χ4n) is 2.91. The second kappa shape index (κ2) is 7.88. The van der Waals surface area contributed by atoms with E-state index in [9.17, 15) is 4.79 Å². The zero-order chi connectivity index (χ0) is 16.9. The van der Waals surface area contributed by atoms with Gasteiger partial charge < -0.3 is 13.9 Å². The summed E-state index contributed by atoms with van der Waals surface area (Å²) in [4.78, 5) is 14.2. The van der Waals surface area contributed by atoms with E-state index in [1.54, 1.807) is 6.26 Å². The molecule has 0 aromatic carbocycles. The molecule has 0 atom stereocenters. The molecule has 7 heteroatoms. The van der Waals surface area contributed by atoms with Crippen LogP contribution in [0, 0.1) is 6.92 Å². The van der Waals surface area contributed by atoms with E-state index < -0.39 is 0 Å². The third kappa shape index (κ3) is 3.66. The Hall–Kier alpha value is -1.76. The van der Waals surface area contributed by atoms with Gasteiger partial charge >= 0.3 is 0 Å². The number of carbonyl (C=O) groups excluding carboxylic acids is 1. The summed E-state index contributed by atoms with van der Waals surface area (Å²) in [6.45, 7) is 6.72. The highest BCUT2D eigenvalue weighted by atomic mass is 32.2. The average Bonchev–Trinajstić information content (AvgIpc) is 3.31. The first kappa shape index (κ1) is 17.1. The Balaban J connectivity index is 1.75. The van der Waals surface area contributed by atoms with Gasteiger partial charge in [-0.3, -0.25) is 4.79 Å². The maximum absolute atomic E-state index is 12.3. The Bertz CT molecular complexity index is 689. The van der Waals surface area contributed by atoms with Gasteiger partial charge in [0.05, 0.1) is 17.6 Å². The van der Waals surface area contributed by atoms with Crippen molar-refractivity contribution in [1.29, 1.82) is 0 Å². The largest absolute Gasteiger partial charge is 0.469 e. The predicted octanol–water partition coefficient (Wildman–Crippen LogP) is 3.36. The lowest BCUT2D eigenvalue weighted by molar-refractivity contribution is -0.127. The van der Waals surface area contributed by atoms with Gasteiger partial charge in [-0.2, -0.15) is 0 Å². The van der Waals surface area contributed by atoms with Crippen molar-refractivity contribution in [3.63, 3.8) is 0 Å². The normalized spacial score (nSPS) is 14.5. The molecule has 1 aliphatic rings. The highest BCUT2D eigenvalue weighted by Crippen LogP contribution is 2.27. The third-order valence-electron chi connectivity index (χ3n) is 4.34. The van der Waals surface area contributed by atoms with Crippen LogP contribution in [0.25, 0.3) is 11.4 Å². The molecule has 3 rings (SSSR count). The van der Waals surface area contributed by atoms with Gasteiger partial charge in [0.2, 0.25) is 5.91 Å². The Morgan fingerprint density at radius 2 is 2.12 bits per heavy atom. The molecule has 1 amide bonds.